The molecule has 4 heterocycles. The van der Waals surface area contributed by atoms with Crippen LogP contribution >= 0.6 is 0 Å². The van der Waals surface area contributed by atoms with Gasteiger partial charge >= 0.3 is 0 Å². The third-order valence-corrected chi connectivity index (χ3v) is 4.99. The van der Waals surface area contributed by atoms with Gasteiger partial charge in [-0.15, -0.1) is 5.10 Å². The highest BCUT2D eigenvalue weighted by Gasteiger charge is 2.23. The molecular formula is C20H23N5O3. The lowest BCUT2D eigenvalue weighted by Crippen LogP contribution is -2.39. The first-order valence-electron chi connectivity index (χ1n) is 9.33. The summed E-state index contributed by atoms with van der Waals surface area (Å²) in [5, 5.41) is 4.54. The molecule has 0 aromatic carbocycles. The quantitative estimate of drug-likeness (QED) is 0.685. The molecule has 0 unspecified atom stereocenters. The zero-order chi connectivity index (χ0) is 19.7. The number of fused-ring (bicyclic) bond motifs is 1. The standard InChI is InChI=1S/C20H23N5O3/c1-13-11-17-21-7-4-18(26)25(17)23-19(13)24-8-5-15(6-9-24)28-16-10-14(2)20(27-3)22-12-16/h4,7,10-12,15H,5-6,8-9H2,1-3H3. The van der Waals surface area contributed by atoms with Crippen LogP contribution in [0.5, 0.6) is 11.6 Å². The van der Waals surface area contributed by atoms with Crippen molar-refractivity contribution in [1.82, 2.24) is 19.6 Å². The molecule has 1 saturated heterocycles. The van der Waals surface area contributed by atoms with E-state index in [1.54, 1.807) is 13.3 Å². The van der Waals surface area contributed by atoms with Gasteiger partial charge in [-0.05, 0) is 31.5 Å². The van der Waals surface area contributed by atoms with Gasteiger partial charge in [-0.3, -0.25) is 4.79 Å². The summed E-state index contributed by atoms with van der Waals surface area (Å²) in [6.07, 6.45) is 5.07. The Labute approximate surface area is 162 Å². The largest absolute Gasteiger partial charge is 0.489 e. The lowest BCUT2D eigenvalue weighted by Gasteiger charge is -2.33. The average molecular weight is 381 g/mol. The first-order chi connectivity index (χ1) is 13.5. The molecule has 1 aliphatic heterocycles. The first-order valence-corrected chi connectivity index (χ1v) is 9.33. The van der Waals surface area contributed by atoms with Crippen molar-refractivity contribution in [2.75, 3.05) is 25.1 Å². The van der Waals surface area contributed by atoms with E-state index in [0.717, 1.165) is 48.6 Å². The van der Waals surface area contributed by atoms with Crippen LogP contribution < -0.4 is 19.9 Å². The van der Waals surface area contributed by atoms with Crippen molar-refractivity contribution < 1.29 is 9.47 Å². The number of ether oxygens (including phenoxy) is 2. The summed E-state index contributed by atoms with van der Waals surface area (Å²) in [5.41, 5.74) is 2.35. The van der Waals surface area contributed by atoms with Crippen molar-refractivity contribution in [2.45, 2.75) is 32.8 Å². The van der Waals surface area contributed by atoms with Crippen LogP contribution in [-0.4, -0.2) is 45.9 Å². The molecule has 0 N–H and O–H groups in total. The molecule has 3 aromatic rings. The number of nitrogens with zero attached hydrogens (tertiary/aromatic N) is 5. The van der Waals surface area contributed by atoms with E-state index >= 15 is 0 Å². The number of hydrogen-bond donors (Lipinski definition) is 0. The fraction of sp³-hybridized carbons (Fsp3) is 0.400. The Bertz CT molecular complexity index is 1060. The smallest absolute Gasteiger partial charge is 0.274 e. The number of hydrogen-bond acceptors (Lipinski definition) is 7. The Balaban J connectivity index is 1.46. The van der Waals surface area contributed by atoms with Gasteiger partial charge in [0.25, 0.3) is 5.56 Å². The van der Waals surface area contributed by atoms with E-state index in [4.69, 9.17) is 9.47 Å². The Morgan fingerprint density at radius 1 is 1.11 bits per heavy atom. The zero-order valence-electron chi connectivity index (χ0n) is 16.3. The SMILES string of the molecule is COc1ncc(OC2CCN(c3nn4c(=O)ccnc4cc3C)CC2)cc1C. The van der Waals surface area contributed by atoms with E-state index in [2.05, 4.69) is 20.0 Å². The van der Waals surface area contributed by atoms with Gasteiger partial charge in [0, 0.05) is 43.8 Å². The number of piperidine rings is 1. The number of rotatable bonds is 4. The van der Waals surface area contributed by atoms with Crippen LogP contribution in [-0.2, 0) is 0 Å². The maximum atomic E-state index is 12.1. The summed E-state index contributed by atoms with van der Waals surface area (Å²) in [6.45, 7) is 5.56. The van der Waals surface area contributed by atoms with Gasteiger partial charge in [0.15, 0.2) is 11.5 Å². The fourth-order valence-electron chi connectivity index (χ4n) is 3.55. The number of pyridine rings is 1. The van der Waals surface area contributed by atoms with Crippen molar-refractivity contribution in [3.05, 3.63) is 52.1 Å². The van der Waals surface area contributed by atoms with Crippen LogP contribution in [0.15, 0.2) is 35.4 Å². The Morgan fingerprint density at radius 2 is 1.89 bits per heavy atom. The van der Waals surface area contributed by atoms with Crippen molar-refractivity contribution in [3.63, 3.8) is 0 Å². The van der Waals surface area contributed by atoms with Crippen molar-refractivity contribution >= 4 is 11.5 Å². The zero-order valence-corrected chi connectivity index (χ0v) is 16.3. The highest BCUT2D eigenvalue weighted by atomic mass is 16.5. The minimum absolute atomic E-state index is 0.121. The van der Waals surface area contributed by atoms with Gasteiger partial charge in [0.05, 0.1) is 13.3 Å². The topological polar surface area (TPSA) is 81.9 Å². The Hall–Kier alpha value is -3.16. The molecule has 0 saturated carbocycles. The molecule has 0 amide bonds. The van der Waals surface area contributed by atoms with Crippen molar-refractivity contribution in [2.24, 2.45) is 0 Å². The molecule has 1 fully saturated rings. The molecular weight excluding hydrogens is 358 g/mol. The number of anilines is 1. The van der Waals surface area contributed by atoms with E-state index in [1.165, 1.54) is 16.8 Å². The fourth-order valence-corrected chi connectivity index (χ4v) is 3.55. The third-order valence-electron chi connectivity index (χ3n) is 4.99. The van der Waals surface area contributed by atoms with Gasteiger partial charge in [-0.2, -0.15) is 4.52 Å². The molecule has 1 aliphatic rings. The van der Waals surface area contributed by atoms with E-state index in [1.807, 2.05) is 26.0 Å². The second-order valence-electron chi connectivity index (χ2n) is 7.01. The van der Waals surface area contributed by atoms with Gasteiger partial charge < -0.3 is 14.4 Å². The minimum Gasteiger partial charge on any atom is -0.489 e. The van der Waals surface area contributed by atoms with Crippen LogP contribution in [0.4, 0.5) is 5.82 Å². The normalized spacial score (nSPS) is 15.0. The molecule has 8 nitrogen and oxygen atoms in total. The number of aromatic nitrogens is 4. The molecule has 146 valence electrons. The summed E-state index contributed by atoms with van der Waals surface area (Å²) < 4.78 is 12.7. The number of methoxy groups -OCH3 is 1. The molecule has 3 aromatic heterocycles. The van der Waals surface area contributed by atoms with Crippen LogP contribution in [0.25, 0.3) is 5.65 Å². The minimum atomic E-state index is -0.174. The molecule has 0 radical (unpaired) electrons. The molecule has 0 bridgehead atoms. The monoisotopic (exact) mass is 381 g/mol. The second kappa shape index (κ2) is 7.46. The van der Waals surface area contributed by atoms with Crippen molar-refractivity contribution in [1.29, 1.82) is 0 Å². The average Bonchev–Trinajstić information content (AvgIpc) is 2.69. The van der Waals surface area contributed by atoms with Gasteiger partial charge in [-0.1, -0.05) is 0 Å². The molecule has 8 heteroatoms. The third kappa shape index (κ3) is 3.49. The van der Waals surface area contributed by atoms with Gasteiger partial charge in [0.2, 0.25) is 5.88 Å². The van der Waals surface area contributed by atoms with Crippen LogP contribution in [0.2, 0.25) is 0 Å². The summed E-state index contributed by atoms with van der Waals surface area (Å²) in [7, 11) is 1.61. The van der Waals surface area contributed by atoms with E-state index in [9.17, 15) is 4.79 Å². The van der Waals surface area contributed by atoms with E-state index < -0.39 is 0 Å². The van der Waals surface area contributed by atoms with Gasteiger partial charge in [-0.25, -0.2) is 9.97 Å². The number of aryl methyl sites for hydroxylation is 2. The van der Waals surface area contributed by atoms with E-state index in [0.29, 0.717) is 11.5 Å². The molecule has 28 heavy (non-hydrogen) atoms. The first kappa shape index (κ1) is 18.2. The van der Waals surface area contributed by atoms with Crippen molar-refractivity contribution in [3.8, 4) is 11.6 Å². The van der Waals surface area contributed by atoms with Gasteiger partial charge in [0.1, 0.15) is 11.9 Å². The highest BCUT2D eigenvalue weighted by molar-refractivity contribution is 5.52. The predicted octanol–water partition coefficient (Wildman–Crippen LogP) is 2.16. The Kier molecular flexibility index (Phi) is 4.85. The molecule has 0 atom stereocenters. The highest BCUT2D eigenvalue weighted by Crippen LogP contribution is 2.26. The van der Waals surface area contributed by atoms with Crippen LogP contribution in [0, 0.1) is 13.8 Å². The summed E-state index contributed by atoms with van der Waals surface area (Å²) in [4.78, 5) is 22.7. The molecule has 0 aliphatic carbocycles. The summed E-state index contributed by atoms with van der Waals surface area (Å²) in [5.74, 6) is 2.20. The molecule has 4 rings (SSSR count). The maximum absolute atomic E-state index is 12.1. The lowest BCUT2D eigenvalue weighted by atomic mass is 10.1. The summed E-state index contributed by atoms with van der Waals surface area (Å²) in [6, 6.07) is 5.27. The van der Waals surface area contributed by atoms with Crippen LogP contribution in [0.3, 0.4) is 0 Å². The summed E-state index contributed by atoms with van der Waals surface area (Å²) >= 11 is 0. The lowest BCUT2D eigenvalue weighted by molar-refractivity contribution is 0.169. The van der Waals surface area contributed by atoms with E-state index in [-0.39, 0.29) is 11.7 Å². The Morgan fingerprint density at radius 3 is 2.61 bits per heavy atom. The maximum Gasteiger partial charge on any atom is 0.274 e. The molecule has 0 spiro atoms. The predicted molar refractivity (Wildman–Crippen MR) is 105 cm³/mol. The van der Waals surface area contributed by atoms with Crippen LogP contribution in [0.1, 0.15) is 24.0 Å². The second-order valence-corrected chi connectivity index (χ2v) is 7.01.